The van der Waals surface area contributed by atoms with Crippen LogP contribution in [0, 0.1) is 5.82 Å². The third-order valence-electron chi connectivity index (χ3n) is 4.65. The number of ether oxygens (including phenoxy) is 1. The summed E-state index contributed by atoms with van der Waals surface area (Å²) in [6.45, 7) is 3.20. The number of hydrogen-bond donors (Lipinski definition) is 3. The number of halogens is 1. The first-order valence-corrected chi connectivity index (χ1v) is 9.42. The van der Waals surface area contributed by atoms with Crippen molar-refractivity contribution in [1.82, 2.24) is 16.2 Å². The summed E-state index contributed by atoms with van der Waals surface area (Å²) in [7, 11) is 0. The van der Waals surface area contributed by atoms with Crippen LogP contribution in [-0.4, -0.2) is 18.6 Å². The second-order valence-electron chi connectivity index (χ2n) is 6.71. The number of unbranched alkanes of at least 4 members (excludes halogenated alkanes) is 1. The summed E-state index contributed by atoms with van der Waals surface area (Å²) in [5.41, 5.74) is 8.18. The zero-order valence-electron chi connectivity index (χ0n) is 15.5. The highest BCUT2D eigenvalue weighted by molar-refractivity contribution is 5.82. The number of benzene rings is 2. The normalized spacial score (nSPS) is 19.0. The van der Waals surface area contributed by atoms with Gasteiger partial charge in [0.25, 0.3) is 0 Å². The smallest absolute Gasteiger partial charge is 0.238 e. The van der Waals surface area contributed by atoms with E-state index in [1.807, 2.05) is 24.3 Å². The molecule has 1 aliphatic heterocycles. The molecule has 1 amide bonds. The van der Waals surface area contributed by atoms with Gasteiger partial charge in [0.05, 0.1) is 12.6 Å². The lowest BCUT2D eigenvalue weighted by Crippen LogP contribution is -2.42. The van der Waals surface area contributed by atoms with Crippen LogP contribution < -0.4 is 20.9 Å². The second kappa shape index (κ2) is 9.48. The van der Waals surface area contributed by atoms with E-state index in [1.54, 1.807) is 12.1 Å². The van der Waals surface area contributed by atoms with Crippen molar-refractivity contribution < 1.29 is 13.9 Å². The monoisotopic (exact) mass is 371 g/mol. The fraction of sp³-hybridized carbons (Fsp3) is 0.381. The molecule has 0 saturated carbocycles. The molecule has 3 rings (SSSR count). The van der Waals surface area contributed by atoms with Gasteiger partial charge in [-0.25, -0.2) is 15.2 Å². The molecule has 1 saturated heterocycles. The van der Waals surface area contributed by atoms with Crippen molar-refractivity contribution in [2.24, 2.45) is 0 Å². The number of para-hydroxylation sites is 1. The number of carbonyl (C=O) groups is 1. The van der Waals surface area contributed by atoms with Gasteiger partial charge >= 0.3 is 0 Å². The van der Waals surface area contributed by atoms with Crippen LogP contribution in [0.25, 0.3) is 0 Å². The summed E-state index contributed by atoms with van der Waals surface area (Å²) in [5.74, 6) is 0.491. The molecule has 6 heteroatoms. The van der Waals surface area contributed by atoms with E-state index in [1.165, 1.54) is 12.1 Å². The number of rotatable bonds is 8. The van der Waals surface area contributed by atoms with Crippen molar-refractivity contribution in [3.63, 3.8) is 0 Å². The van der Waals surface area contributed by atoms with Gasteiger partial charge in [-0.15, -0.1) is 0 Å². The summed E-state index contributed by atoms with van der Waals surface area (Å²) < 4.78 is 18.9. The quantitative estimate of drug-likeness (QED) is 0.624. The van der Waals surface area contributed by atoms with Gasteiger partial charge in [0, 0.05) is 12.1 Å². The largest absolute Gasteiger partial charge is 0.493 e. The first-order chi connectivity index (χ1) is 13.2. The van der Waals surface area contributed by atoms with E-state index in [4.69, 9.17) is 4.74 Å². The number of nitrogens with one attached hydrogen (secondary N) is 3. The third kappa shape index (κ3) is 5.28. The Morgan fingerprint density at radius 1 is 1.19 bits per heavy atom. The van der Waals surface area contributed by atoms with E-state index < -0.39 is 0 Å². The van der Waals surface area contributed by atoms with Crippen LogP contribution in [0.5, 0.6) is 5.75 Å². The summed E-state index contributed by atoms with van der Waals surface area (Å²) >= 11 is 0. The van der Waals surface area contributed by atoms with Crippen LogP contribution in [0.1, 0.15) is 43.4 Å². The van der Waals surface area contributed by atoms with E-state index in [2.05, 4.69) is 23.1 Å². The standard InChI is InChI=1S/C21H26FN3O2/c1-2-3-12-27-20-7-5-4-6-17(20)18-13-19(25-24-18)21(26)23-14-15-8-10-16(22)11-9-15/h4-11,18-19,24-25H,2-3,12-14H2,1H3,(H,23,26). The molecule has 3 N–H and O–H groups in total. The molecule has 2 aromatic carbocycles. The molecular weight excluding hydrogens is 345 g/mol. The fourth-order valence-corrected chi connectivity index (χ4v) is 3.07. The van der Waals surface area contributed by atoms with Crippen molar-refractivity contribution in [2.75, 3.05) is 6.61 Å². The predicted molar refractivity (Wildman–Crippen MR) is 103 cm³/mol. The minimum Gasteiger partial charge on any atom is -0.493 e. The molecule has 27 heavy (non-hydrogen) atoms. The maximum absolute atomic E-state index is 13.0. The van der Waals surface area contributed by atoms with Crippen molar-refractivity contribution in [2.45, 2.75) is 44.8 Å². The van der Waals surface area contributed by atoms with E-state index in [0.717, 1.165) is 29.7 Å². The van der Waals surface area contributed by atoms with Crippen LogP contribution in [0.3, 0.4) is 0 Å². The summed E-state index contributed by atoms with van der Waals surface area (Å²) in [4.78, 5) is 12.4. The topological polar surface area (TPSA) is 62.4 Å². The Kier molecular flexibility index (Phi) is 6.79. The molecule has 144 valence electrons. The summed E-state index contributed by atoms with van der Waals surface area (Å²) in [6.07, 6.45) is 2.73. The average Bonchev–Trinajstić information content (AvgIpc) is 3.18. The molecule has 1 heterocycles. The molecular formula is C21H26FN3O2. The molecule has 0 aliphatic carbocycles. The van der Waals surface area contributed by atoms with Gasteiger partial charge < -0.3 is 10.1 Å². The first kappa shape index (κ1) is 19.3. The first-order valence-electron chi connectivity index (χ1n) is 9.42. The zero-order chi connectivity index (χ0) is 19.1. The highest BCUT2D eigenvalue weighted by atomic mass is 19.1. The SMILES string of the molecule is CCCCOc1ccccc1C1CC(C(=O)NCc2ccc(F)cc2)NN1. The molecule has 0 aromatic heterocycles. The molecule has 5 nitrogen and oxygen atoms in total. The Morgan fingerprint density at radius 2 is 1.96 bits per heavy atom. The lowest BCUT2D eigenvalue weighted by atomic mass is 10.0. The molecule has 2 atom stereocenters. The zero-order valence-corrected chi connectivity index (χ0v) is 15.5. The number of amides is 1. The molecule has 1 aliphatic rings. The van der Waals surface area contributed by atoms with E-state index in [0.29, 0.717) is 19.6 Å². The third-order valence-corrected chi connectivity index (χ3v) is 4.65. The lowest BCUT2D eigenvalue weighted by molar-refractivity contribution is -0.123. The van der Waals surface area contributed by atoms with Gasteiger partial charge in [-0.1, -0.05) is 43.7 Å². The predicted octanol–water partition coefficient (Wildman–Crippen LogP) is 3.23. The van der Waals surface area contributed by atoms with Crippen LogP contribution in [-0.2, 0) is 11.3 Å². The van der Waals surface area contributed by atoms with Gasteiger partial charge in [-0.05, 0) is 36.6 Å². The highest BCUT2D eigenvalue weighted by Crippen LogP contribution is 2.30. The molecule has 2 unspecified atom stereocenters. The Labute approximate surface area is 159 Å². The molecule has 2 aromatic rings. The van der Waals surface area contributed by atoms with Crippen molar-refractivity contribution in [1.29, 1.82) is 0 Å². The number of hydrazine groups is 1. The van der Waals surface area contributed by atoms with Gasteiger partial charge in [-0.3, -0.25) is 4.79 Å². The number of hydrogen-bond acceptors (Lipinski definition) is 4. The highest BCUT2D eigenvalue weighted by Gasteiger charge is 2.31. The Morgan fingerprint density at radius 3 is 2.74 bits per heavy atom. The van der Waals surface area contributed by atoms with Gasteiger partial charge in [0.1, 0.15) is 17.6 Å². The minimum atomic E-state index is -0.334. The van der Waals surface area contributed by atoms with E-state index in [-0.39, 0.29) is 23.8 Å². The van der Waals surface area contributed by atoms with Gasteiger partial charge in [0.2, 0.25) is 5.91 Å². The summed E-state index contributed by atoms with van der Waals surface area (Å²) in [5, 5.41) is 2.89. The van der Waals surface area contributed by atoms with Gasteiger partial charge in [-0.2, -0.15) is 0 Å². The van der Waals surface area contributed by atoms with E-state index >= 15 is 0 Å². The summed E-state index contributed by atoms with van der Waals surface area (Å²) in [6, 6.07) is 13.7. The molecule has 0 radical (unpaired) electrons. The molecule has 1 fully saturated rings. The molecule has 0 bridgehead atoms. The average molecular weight is 371 g/mol. The Bertz CT molecular complexity index is 751. The van der Waals surface area contributed by atoms with Crippen LogP contribution in [0.2, 0.25) is 0 Å². The number of carbonyl (C=O) groups excluding carboxylic acids is 1. The fourth-order valence-electron chi connectivity index (χ4n) is 3.07. The second-order valence-corrected chi connectivity index (χ2v) is 6.71. The molecule has 0 spiro atoms. The van der Waals surface area contributed by atoms with Crippen LogP contribution in [0.4, 0.5) is 4.39 Å². The Balaban J connectivity index is 1.55. The van der Waals surface area contributed by atoms with Crippen molar-refractivity contribution in [3.8, 4) is 5.75 Å². The van der Waals surface area contributed by atoms with E-state index in [9.17, 15) is 9.18 Å². The van der Waals surface area contributed by atoms with Crippen molar-refractivity contribution in [3.05, 3.63) is 65.5 Å². The van der Waals surface area contributed by atoms with Crippen molar-refractivity contribution >= 4 is 5.91 Å². The maximum Gasteiger partial charge on any atom is 0.238 e. The van der Waals surface area contributed by atoms with Crippen LogP contribution in [0.15, 0.2) is 48.5 Å². The van der Waals surface area contributed by atoms with Gasteiger partial charge in [0.15, 0.2) is 0 Å². The maximum atomic E-state index is 13.0. The Hall–Kier alpha value is -2.44. The lowest BCUT2D eigenvalue weighted by Gasteiger charge is -2.16. The minimum absolute atomic E-state index is 0.00407. The van der Waals surface area contributed by atoms with Crippen LogP contribution >= 0.6 is 0 Å².